The molecule has 4 nitrogen and oxygen atoms in total. The fraction of sp³-hybridized carbons (Fsp3) is 0.500. The Morgan fingerprint density at radius 3 is 3.00 bits per heavy atom. The van der Waals surface area contributed by atoms with Crippen LogP contribution in [0.3, 0.4) is 0 Å². The van der Waals surface area contributed by atoms with E-state index in [1.807, 2.05) is 17.7 Å². The predicted octanol–water partition coefficient (Wildman–Crippen LogP) is 2.40. The molecule has 0 saturated heterocycles. The lowest BCUT2D eigenvalue weighted by Gasteiger charge is -2.11. The molecule has 2 aromatic rings. The van der Waals surface area contributed by atoms with Gasteiger partial charge in [-0.1, -0.05) is 0 Å². The quantitative estimate of drug-likeness (QED) is 0.666. The molecular weight excluding hydrogens is 256 g/mol. The molecule has 1 unspecified atom stereocenters. The van der Waals surface area contributed by atoms with Crippen molar-refractivity contribution in [1.29, 1.82) is 0 Å². The van der Waals surface area contributed by atoms with Crippen LogP contribution in [-0.4, -0.2) is 9.55 Å². The minimum absolute atomic E-state index is 0.0170. The molecule has 0 saturated carbocycles. The van der Waals surface area contributed by atoms with Crippen molar-refractivity contribution in [2.24, 2.45) is 5.84 Å². The first-order chi connectivity index (χ1) is 9.31. The van der Waals surface area contributed by atoms with Crippen molar-refractivity contribution >= 4 is 11.3 Å². The standard InChI is InChI=1S/C14H20N4S/c1-2-18-8-11(16-9-18)14(17-15)13-7-10-5-3-4-6-12(10)19-13/h7-9,14,17H,2-6,15H2,1H3. The normalized spacial score (nSPS) is 16.3. The van der Waals surface area contributed by atoms with E-state index in [4.69, 9.17) is 5.84 Å². The number of fused-ring (bicyclic) bond motifs is 1. The van der Waals surface area contributed by atoms with Crippen LogP contribution < -0.4 is 11.3 Å². The molecule has 0 aliphatic heterocycles. The van der Waals surface area contributed by atoms with Crippen LogP contribution in [-0.2, 0) is 19.4 Å². The van der Waals surface area contributed by atoms with E-state index in [1.54, 1.807) is 0 Å². The van der Waals surface area contributed by atoms with Gasteiger partial charge in [-0.2, -0.15) is 0 Å². The van der Waals surface area contributed by atoms with Gasteiger partial charge in [0.25, 0.3) is 0 Å². The van der Waals surface area contributed by atoms with Gasteiger partial charge < -0.3 is 4.57 Å². The maximum Gasteiger partial charge on any atom is 0.0988 e. The first kappa shape index (κ1) is 12.8. The Labute approximate surface area is 117 Å². The fourth-order valence-corrected chi connectivity index (χ4v) is 4.00. The van der Waals surface area contributed by atoms with E-state index in [2.05, 4.69) is 34.2 Å². The third-order valence-corrected chi connectivity index (χ3v) is 5.08. The number of hydrogen-bond acceptors (Lipinski definition) is 4. The second-order valence-corrected chi connectivity index (χ2v) is 6.20. The maximum absolute atomic E-state index is 5.75. The van der Waals surface area contributed by atoms with Crippen LogP contribution in [0.5, 0.6) is 0 Å². The summed E-state index contributed by atoms with van der Waals surface area (Å²) < 4.78 is 2.08. The van der Waals surface area contributed by atoms with Crippen molar-refractivity contribution in [3.63, 3.8) is 0 Å². The summed E-state index contributed by atoms with van der Waals surface area (Å²) in [4.78, 5) is 7.29. The Morgan fingerprint density at radius 2 is 2.32 bits per heavy atom. The van der Waals surface area contributed by atoms with Crippen LogP contribution in [0, 0.1) is 0 Å². The summed E-state index contributed by atoms with van der Waals surface area (Å²) >= 11 is 1.89. The number of imidazole rings is 1. The SMILES string of the molecule is CCn1cnc(C(NN)c2cc3c(s2)CCCC3)c1. The van der Waals surface area contributed by atoms with Crippen LogP contribution in [0.25, 0.3) is 0 Å². The number of aromatic nitrogens is 2. The van der Waals surface area contributed by atoms with Gasteiger partial charge in [0.2, 0.25) is 0 Å². The van der Waals surface area contributed by atoms with E-state index in [-0.39, 0.29) is 6.04 Å². The van der Waals surface area contributed by atoms with E-state index in [0.29, 0.717) is 0 Å². The molecule has 0 bridgehead atoms. The van der Waals surface area contributed by atoms with E-state index in [9.17, 15) is 0 Å². The maximum atomic E-state index is 5.75. The third-order valence-electron chi connectivity index (χ3n) is 3.78. The summed E-state index contributed by atoms with van der Waals surface area (Å²) in [6.45, 7) is 3.05. The third kappa shape index (κ3) is 2.45. The van der Waals surface area contributed by atoms with Crippen molar-refractivity contribution < 1.29 is 0 Å². The summed E-state index contributed by atoms with van der Waals surface area (Å²) in [5.74, 6) is 5.75. The summed E-state index contributed by atoms with van der Waals surface area (Å²) in [5.41, 5.74) is 5.43. The van der Waals surface area contributed by atoms with Crippen LogP contribution in [0.2, 0.25) is 0 Å². The van der Waals surface area contributed by atoms with Gasteiger partial charge in [0.15, 0.2) is 0 Å². The lowest BCUT2D eigenvalue weighted by Crippen LogP contribution is -2.28. The number of nitrogens with zero attached hydrogens (tertiary/aromatic N) is 2. The smallest absolute Gasteiger partial charge is 0.0988 e. The molecule has 1 aliphatic carbocycles. The molecule has 5 heteroatoms. The molecular formula is C14H20N4S. The highest BCUT2D eigenvalue weighted by molar-refractivity contribution is 7.12. The molecule has 2 aromatic heterocycles. The summed E-state index contributed by atoms with van der Waals surface area (Å²) in [6.07, 6.45) is 9.01. The molecule has 0 fully saturated rings. The second kappa shape index (κ2) is 5.45. The van der Waals surface area contributed by atoms with Crippen molar-refractivity contribution in [3.8, 4) is 0 Å². The number of hydrazine groups is 1. The number of nitrogens with two attached hydrogens (primary N) is 1. The van der Waals surface area contributed by atoms with Crippen molar-refractivity contribution in [1.82, 2.24) is 15.0 Å². The lowest BCUT2D eigenvalue weighted by molar-refractivity contribution is 0.630. The molecule has 102 valence electrons. The van der Waals surface area contributed by atoms with E-state index >= 15 is 0 Å². The van der Waals surface area contributed by atoms with Gasteiger partial charge in [0.1, 0.15) is 0 Å². The summed E-state index contributed by atoms with van der Waals surface area (Å²) in [5, 5.41) is 0. The van der Waals surface area contributed by atoms with Gasteiger partial charge in [-0.3, -0.25) is 5.84 Å². The Bertz CT molecular complexity index is 534. The molecule has 0 aromatic carbocycles. The molecule has 1 atom stereocenters. The average molecular weight is 276 g/mol. The van der Waals surface area contributed by atoms with Crippen molar-refractivity contribution in [3.05, 3.63) is 39.6 Å². The lowest BCUT2D eigenvalue weighted by atomic mass is 9.98. The average Bonchev–Trinajstić information content (AvgIpc) is 3.05. The predicted molar refractivity (Wildman–Crippen MR) is 78.0 cm³/mol. The molecule has 3 N–H and O–H groups in total. The van der Waals surface area contributed by atoms with E-state index < -0.39 is 0 Å². The number of nitrogens with one attached hydrogen (secondary N) is 1. The van der Waals surface area contributed by atoms with Crippen LogP contribution in [0.4, 0.5) is 0 Å². The molecule has 0 radical (unpaired) electrons. The highest BCUT2D eigenvalue weighted by Gasteiger charge is 2.21. The van der Waals surface area contributed by atoms with Gasteiger partial charge in [0, 0.05) is 22.5 Å². The van der Waals surface area contributed by atoms with E-state index in [1.165, 1.54) is 41.0 Å². The van der Waals surface area contributed by atoms with Crippen molar-refractivity contribution in [2.75, 3.05) is 0 Å². The zero-order chi connectivity index (χ0) is 13.2. The molecule has 2 heterocycles. The van der Waals surface area contributed by atoms with Crippen molar-refractivity contribution in [2.45, 2.75) is 45.2 Å². The second-order valence-electron chi connectivity index (χ2n) is 5.03. The first-order valence-corrected chi connectivity index (χ1v) is 7.72. The monoisotopic (exact) mass is 276 g/mol. The summed E-state index contributed by atoms with van der Waals surface area (Å²) in [6, 6.07) is 2.33. The highest BCUT2D eigenvalue weighted by atomic mass is 32.1. The molecule has 0 spiro atoms. The van der Waals surface area contributed by atoms with E-state index in [0.717, 1.165) is 12.2 Å². The van der Waals surface area contributed by atoms with Gasteiger partial charge in [-0.25, -0.2) is 10.4 Å². The number of rotatable bonds is 4. The zero-order valence-corrected chi connectivity index (χ0v) is 12.0. The summed E-state index contributed by atoms with van der Waals surface area (Å²) in [7, 11) is 0. The minimum atomic E-state index is 0.0170. The topological polar surface area (TPSA) is 55.9 Å². The Morgan fingerprint density at radius 1 is 1.47 bits per heavy atom. The number of aryl methyl sites for hydroxylation is 3. The largest absolute Gasteiger partial charge is 0.337 e. The zero-order valence-electron chi connectivity index (χ0n) is 11.2. The van der Waals surface area contributed by atoms with Gasteiger partial charge in [0.05, 0.1) is 18.1 Å². The minimum Gasteiger partial charge on any atom is -0.337 e. The number of thiophene rings is 1. The Balaban J connectivity index is 1.91. The molecule has 0 amide bonds. The first-order valence-electron chi connectivity index (χ1n) is 6.91. The van der Waals surface area contributed by atoms with Gasteiger partial charge in [-0.15, -0.1) is 11.3 Å². The molecule has 1 aliphatic rings. The Kier molecular flexibility index (Phi) is 3.68. The Hall–Kier alpha value is -1.17. The van der Waals surface area contributed by atoms with Crippen LogP contribution in [0.1, 0.15) is 46.8 Å². The molecule has 19 heavy (non-hydrogen) atoms. The number of hydrogen-bond donors (Lipinski definition) is 2. The highest BCUT2D eigenvalue weighted by Crippen LogP contribution is 2.34. The fourth-order valence-electron chi connectivity index (χ4n) is 2.67. The van der Waals surface area contributed by atoms with Gasteiger partial charge in [-0.05, 0) is 44.2 Å². The van der Waals surface area contributed by atoms with Crippen LogP contribution >= 0.6 is 11.3 Å². The van der Waals surface area contributed by atoms with Gasteiger partial charge >= 0.3 is 0 Å². The van der Waals surface area contributed by atoms with Crippen LogP contribution in [0.15, 0.2) is 18.6 Å². The molecule has 3 rings (SSSR count).